The maximum atomic E-state index is 6.09. The average molecular weight is 220 g/mol. The highest BCUT2D eigenvalue weighted by Crippen LogP contribution is 2.77. The first-order chi connectivity index (χ1) is 7.41. The molecule has 0 aromatic carbocycles. The third-order valence-electron chi connectivity index (χ3n) is 7.18. The van der Waals surface area contributed by atoms with Gasteiger partial charge in [0.05, 0.1) is 11.7 Å². The third kappa shape index (κ3) is 0.805. The largest absolute Gasteiger partial charge is 0.366 e. The summed E-state index contributed by atoms with van der Waals surface area (Å²) in [5, 5.41) is 0. The molecule has 4 fully saturated rings. The van der Waals surface area contributed by atoms with Crippen LogP contribution in [0.5, 0.6) is 0 Å². The second kappa shape index (κ2) is 2.39. The van der Waals surface area contributed by atoms with Crippen LogP contribution >= 0.6 is 0 Å². The Kier molecular flexibility index (Phi) is 1.48. The number of rotatable bonds is 0. The summed E-state index contributed by atoms with van der Waals surface area (Å²) in [5.41, 5.74) is 1.44. The lowest BCUT2D eigenvalue weighted by atomic mass is 9.66. The summed E-state index contributed by atoms with van der Waals surface area (Å²) in [7, 11) is 0. The van der Waals surface area contributed by atoms with Crippen LogP contribution in [-0.2, 0) is 4.74 Å². The first-order valence-corrected chi connectivity index (χ1v) is 7.09. The molecule has 1 heterocycles. The molecule has 6 atom stereocenters. The van der Waals surface area contributed by atoms with E-state index in [1.807, 2.05) is 0 Å². The molecule has 3 saturated carbocycles. The highest BCUT2D eigenvalue weighted by atomic mass is 16.6. The van der Waals surface area contributed by atoms with Gasteiger partial charge in [-0.15, -0.1) is 0 Å². The van der Waals surface area contributed by atoms with Crippen molar-refractivity contribution in [2.75, 3.05) is 0 Å². The van der Waals surface area contributed by atoms with Crippen LogP contribution in [0.25, 0.3) is 0 Å². The van der Waals surface area contributed by atoms with Crippen molar-refractivity contribution in [1.29, 1.82) is 0 Å². The van der Waals surface area contributed by atoms with E-state index in [2.05, 4.69) is 27.7 Å². The van der Waals surface area contributed by atoms with E-state index in [1.54, 1.807) is 0 Å². The van der Waals surface area contributed by atoms with Crippen LogP contribution in [0.15, 0.2) is 0 Å². The molecule has 90 valence electrons. The van der Waals surface area contributed by atoms with Gasteiger partial charge in [0.2, 0.25) is 0 Å². The van der Waals surface area contributed by atoms with Crippen LogP contribution in [0.2, 0.25) is 0 Å². The van der Waals surface area contributed by atoms with Crippen LogP contribution < -0.4 is 0 Å². The van der Waals surface area contributed by atoms with Crippen molar-refractivity contribution in [3.63, 3.8) is 0 Å². The number of hydrogen-bond donors (Lipinski definition) is 0. The van der Waals surface area contributed by atoms with Crippen molar-refractivity contribution < 1.29 is 4.74 Å². The number of hydrogen-bond acceptors (Lipinski definition) is 1. The summed E-state index contributed by atoms with van der Waals surface area (Å²) < 4.78 is 6.09. The van der Waals surface area contributed by atoms with E-state index in [-0.39, 0.29) is 5.60 Å². The Labute approximate surface area is 98.9 Å². The van der Waals surface area contributed by atoms with E-state index < -0.39 is 0 Å². The molecular formula is C15H24O. The maximum Gasteiger partial charge on any atom is 0.0954 e. The SMILES string of the molecule is C[C@@H]1CC[C@H]2C(C)(C)[C@H]3C[C@]12CC1OC13C. The second-order valence-electron chi connectivity index (χ2n) is 7.84. The molecule has 3 aliphatic carbocycles. The van der Waals surface area contributed by atoms with Gasteiger partial charge in [0.1, 0.15) is 0 Å². The zero-order valence-electron chi connectivity index (χ0n) is 11.0. The van der Waals surface area contributed by atoms with Gasteiger partial charge in [-0.2, -0.15) is 0 Å². The molecular weight excluding hydrogens is 196 g/mol. The molecule has 1 nitrogen and oxygen atoms in total. The van der Waals surface area contributed by atoms with E-state index in [0.29, 0.717) is 16.9 Å². The van der Waals surface area contributed by atoms with E-state index in [1.165, 1.54) is 25.7 Å². The number of epoxide rings is 1. The van der Waals surface area contributed by atoms with Crippen molar-refractivity contribution in [3.8, 4) is 0 Å². The van der Waals surface area contributed by atoms with Gasteiger partial charge < -0.3 is 4.74 Å². The highest BCUT2D eigenvalue weighted by Gasteiger charge is 2.76. The van der Waals surface area contributed by atoms with Crippen LogP contribution in [0.3, 0.4) is 0 Å². The molecule has 0 aromatic rings. The molecule has 4 rings (SSSR count). The summed E-state index contributed by atoms with van der Waals surface area (Å²) >= 11 is 0. The molecule has 1 spiro atoms. The normalized spacial score (nSPS) is 65.2. The standard InChI is InChI=1S/C15H24O/c1-9-5-6-10-13(2,3)11-7-15(9,10)8-12-14(11,4)16-12/h9-12H,5-8H2,1-4H3/t9-,10+,11-,12?,14?,15+/m1/s1. The fraction of sp³-hybridized carbons (Fsp3) is 1.00. The summed E-state index contributed by atoms with van der Waals surface area (Å²) in [6, 6.07) is 0. The molecule has 0 amide bonds. The lowest BCUT2D eigenvalue weighted by Gasteiger charge is -2.37. The topological polar surface area (TPSA) is 12.5 Å². The Morgan fingerprint density at radius 2 is 1.75 bits per heavy atom. The third-order valence-corrected chi connectivity index (χ3v) is 7.18. The van der Waals surface area contributed by atoms with Gasteiger partial charge >= 0.3 is 0 Å². The van der Waals surface area contributed by atoms with Crippen LogP contribution in [-0.4, -0.2) is 11.7 Å². The number of ether oxygens (including phenoxy) is 1. The van der Waals surface area contributed by atoms with Crippen LogP contribution in [0, 0.1) is 28.6 Å². The van der Waals surface area contributed by atoms with Crippen molar-refractivity contribution >= 4 is 0 Å². The molecule has 16 heavy (non-hydrogen) atoms. The lowest BCUT2D eigenvalue weighted by Crippen LogP contribution is -2.36. The van der Waals surface area contributed by atoms with E-state index in [0.717, 1.165) is 17.8 Å². The minimum absolute atomic E-state index is 0.263. The zero-order valence-corrected chi connectivity index (χ0v) is 11.0. The van der Waals surface area contributed by atoms with Gasteiger partial charge in [0, 0.05) is 0 Å². The zero-order chi connectivity index (χ0) is 11.3. The van der Waals surface area contributed by atoms with E-state index >= 15 is 0 Å². The van der Waals surface area contributed by atoms with Crippen molar-refractivity contribution in [3.05, 3.63) is 0 Å². The maximum absolute atomic E-state index is 6.09. The Hall–Kier alpha value is -0.0400. The summed E-state index contributed by atoms with van der Waals surface area (Å²) in [4.78, 5) is 0. The van der Waals surface area contributed by atoms with Gasteiger partial charge in [-0.05, 0) is 61.2 Å². The fourth-order valence-electron chi connectivity index (χ4n) is 6.21. The van der Waals surface area contributed by atoms with Gasteiger partial charge in [-0.3, -0.25) is 0 Å². The van der Waals surface area contributed by atoms with Gasteiger partial charge in [0.15, 0.2) is 0 Å². The summed E-state index contributed by atoms with van der Waals surface area (Å²) in [6.45, 7) is 9.93. The minimum atomic E-state index is 0.263. The molecule has 0 aromatic heterocycles. The Morgan fingerprint density at radius 3 is 2.50 bits per heavy atom. The average Bonchev–Trinajstić information content (AvgIpc) is 2.67. The molecule has 1 saturated heterocycles. The Bertz CT molecular complexity index is 356. The van der Waals surface area contributed by atoms with Crippen molar-refractivity contribution in [1.82, 2.24) is 0 Å². The molecule has 1 aliphatic heterocycles. The first-order valence-electron chi connectivity index (χ1n) is 7.09. The van der Waals surface area contributed by atoms with Gasteiger partial charge in [0.25, 0.3) is 0 Å². The fourth-order valence-corrected chi connectivity index (χ4v) is 6.21. The molecule has 1 heteroatoms. The van der Waals surface area contributed by atoms with E-state index in [9.17, 15) is 0 Å². The van der Waals surface area contributed by atoms with Crippen molar-refractivity contribution in [2.24, 2.45) is 28.6 Å². The quantitative estimate of drug-likeness (QED) is 0.568. The molecule has 2 bridgehead atoms. The lowest BCUT2D eigenvalue weighted by molar-refractivity contribution is 0.0866. The summed E-state index contributed by atoms with van der Waals surface area (Å²) in [6.07, 6.45) is 6.38. The predicted molar refractivity (Wildman–Crippen MR) is 64.1 cm³/mol. The van der Waals surface area contributed by atoms with Crippen LogP contribution in [0.1, 0.15) is 53.4 Å². The van der Waals surface area contributed by atoms with Crippen LogP contribution in [0.4, 0.5) is 0 Å². The Balaban J connectivity index is 1.85. The first kappa shape index (κ1) is 9.94. The Morgan fingerprint density at radius 1 is 1.00 bits per heavy atom. The molecule has 4 aliphatic rings. The van der Waals surface area contributed by atoms with E-state index in [4.69, 9.17) is 4.74 Å². The predicted octanol–water partition coefficient (Wildman–Crippen LogP) is 3.63. The molecule has 0 N–H and O–H groups in total. The second-order valence-corrected chi connectivity index (χ2v) is 7.84. The molecule has 2 unspecified atom stereocenters. The number of fused-ring (bicyclic) bond motifs is 3. The molecule has 0 radical (unpaired) electrons. The summed E-state index contributed by atoms with van der Waals surface area (Å²) in [5.74, 6) is 2.75. The smallest absolute Gasteiger partial charge is 0.0954 e. The monoisotopic (exact) mass is 220 g/mol. The van der Waals surface area contributed by atoms with Gasteiger partial charge in [-0.1, -0.05) is 20.8 Å². The highest BCUT2D eigenvalue weighted by molar-refractivity contribution is 5.24. The van der Waals surface area contributed by atoms with Crippen molar-refractivity contribution in [2.45, 2.75) is 65.1 Å². The minimum Gasteiger partial charge on any atom is -0.366 e. The van der Waals surface area contributed by atoms with Gasteiger partial charge in [-0.25, -0.2) is 0 Å².